The number of hydrogen-bond acceptors (Lipinski definition) is 7. The highest BCUT2D eigenvalue weighted by Crippen LogP contribution is 2.30. The van der Waals surface area contributed by atoms with Crippen LogP contribution in [-0.4, -0.2) is 52.1 Å². The van der Waals surface area contributed by atoms with Gasteiger partial charge in [0.15, 0.2) is 0 Å². The molecule has 0 aliphatic carbocycles. The van der Waals surface area contributed by atoms with Crippen LogP contribution in [0.4, 0.5) is 17.3 Å². The van der Waals surface area contributed by atoms with E-state index in [1.165, 1.54) is 0 Å². The number of pyridine rings is 1. The summed E-state index contributed by atoms with van der Waals surface area (Å²) in [5.41, 5.74) is 4.95. The fraction of sp³-hybridized carbons (Fsp3) is 0.281. The molecule has 42 heavy (non-hydrogen) atoms. The van der Waals surface area contributed by atoms with Crippen LogP contribution in [-0.2, 0) is 4.79 Å². The van der Waals surface area contributed by atoms with E-state index in [9.17, 15) is 4.79 Å². The zero-order chi connectivity index (χ0) is 29.1. The number of rotatable bonds is 11. The number of carbonyl (C=O) groups is 1. The Balaban J connectivity index is 1.13. The first-order valence-corrected chi connectivity index (χ1v) is 14.8. The van der Waals surface area contributed by atoms with Crippen molar-refractivity contribution in [1.29, 1.82) is 5.26 Å². The van der Waals surface area contributed by atoms with Gasteiger partial charge in [0.25, 0.3) is 6.71 Å². The molecule has 212 valence electrons. The van der Waals surface area contributed by atoms with Gasteiger partial charge in [-0.1, -0.05) is 66.6 Å². The summed E-state index contributed by atoms with van der Waals surface area (Å²) in [4.78, 5) is 28.3. The van der Waals surface area contributed by atoms with Gasteiger partial charge in [0, 0.05) is 18.0 Å². The number of aromatic nitrogens is 3. The number of amides is 1. The summed E-state index contributed by atoms with van der Waals surface area (Å²) in [5.74, 6) is 2.72. The van der Waals surface area contributed by atoms with Crippen LogP contribution in [0, 0.1) is 11.2 Å². The quantitative estimate of drug-likeness (QED) is 0.146. The van der Waals surface area contributed by atoms with Crippen LogP contribution in [0.25, 0.3) is 22.4 Å². The van der Waals surface area contributed by atoms with E-state index in [0.29, 0.717) is 34.5 Å². The Hall–Kier alpha value is -4.26. The second kappa shape index (κ2) is 14.6. The molecule has 0 saturated carbocycles. The van der Waals surface area contributed by atoms with Crippen LogP contribution >= 0.6 is 11.6 Å². The maximum absolute atomic E-state index is 12.5. The second-order valence-corrected chi connectivity index (χ2v) is 10.9. The Morgan fingerprint density at radius 2 is 1.69 bits per heavy atom. The Bertz CT molecular complexity index is 1540. The molecule has 0 bridgehead atoms. The molecular weight excluding hydrogens is 545 g/mol. The summed E-state index contributed by atoms with van der Waals surface area (Å²) < 4.78 is 0. The number of nitrogens with one attached hydrogen (secondary N) is 2. The fourth-order valence-corrected chi connectivity index (χ4v) is 5.32. The number of nitriles is 1. The maximum Gasteiger partial charge on any atom is 0.270 e. The lowest BCUT2D eigenvalue weighted by Gasteiger charge is -2.27. The molecule has 2 N–H and O–H groups in total. The minimum absolute atomic E-state index is 0.0351. The van der Waals surface area contributed by atoms with Crippen molar-refractivity contribution >= 4 is 41.5 Å². The number of benzene rings is 2. The van der Waals surface area contributed by atoms with Crippen molar-refractivity contribution < 1.29 is 4.79 Å². The van der Waals surface area contributed by atoms with Gasteiger partial charge >= 0.3 is 0 Å². The molecule has 1 aliphatic rings. The highest BCUT2D eigenvalue weighted by Gasteiger charge is 2.21. The van der Waals surface area contributed by atoms with Crippen LogP contribution in [0.2, 0.25) is 17.7 Å². The predicted molar refractivity (Wildman–Crippen MR) is 170 cm³/mol. The summed E-state index contributed by atoms with van der Waals surface area (Å²) in [6.45, 7) is 3.25. The van der Waals surface area contributed by atoms with Gasteiger partial charge in [-0.2, -0.15) is 0 Å². The fourth-order valence-electron chi connectivity index (χ4n) is 5.12. The van der Waals surface area contributed by atoms with Gasteiger partial charge in [-0.05, 0) is 68.4 Å². The summed E-state index contributed by atoms with van der Waals surface area (Å²) in [6, 6.07) is 20.0. The smallest absolute Gasteiger partial charge is 0.270 e. The molecule has 1 fully saturated rings. The van der Waals surface area contributed by atoms with Crippen molar-refractivity contribution in [2.75, 3.05) is 30.3 Å². The average molecular weight is 578 g/mol. The highest BCUT2D eigenvalue weighted by atomic mass is 35.5. The molecule has 1 amide bonds. The molecule has 0 unspecified atom stereocenters. The molecule has 1 aliphatic heterocycles. The monoisotopic (exact) mass is 577 g/mol. The second-order valence-electron chi connectivity index (χ2n) is 10.5. The van der Waals surface area contributed by atoms with E-state index in [0.717, 1.165) is 68.2 Å². The number of carbonyl (C=O) groups excluding carboxylic acids is 1. The predicted octanol–water partition coefficient (Wildman–Crippen LogP) is 6.97. The van der Waals surface area contributed by atoms with Gasteiger partial charge in [0.05, 0.1) is 40.7 Å². The van der Waals surface area contributed by atoms with Crippen molar-refractivity contribution in [1.82, 2.24) is 19.9 Å². The molecule has 8 nitrogen and oxygen atoms in total. The number of halogens is 1. The Labute approximate surface area is 252 Å². The van der Waals surface area contributed by atoms with E-state index in [-0.39, 0.29) is 12.6 Å². The SMILES string of the molecule is N#CB1CCN(CCCCCC(=O)Nc2cncc(Nc3ncc(Cl)c(-c4cccc(-c5ccccc5)c4)n3)c2)CC1. The van der Waals surface area contributed by atoms with E-state index in [1.54, 1.807) is 18.6 Å². The standard InChI is InChI=1S/C32H33BClN7O/c34-29-22-37-32(40-31(29)26-11-7-10-25(18-26)24-8-3-1-4-9-24)39-28-19-27(20-36-21-28)38-30(42)12-5-2-6-15-41-16-13-33(23-35)14-17-41/h1,3-4,7-11,18-22H,2,5-6,12-17H2,(H,38,42)(H,37,39,40). The van der Waals surface area contributed by atoms with Crippen LogP contribution in [0.5, 0.6) is 0 Å². The van der Waals surface area contributed by atoms with Crippen LogP contribution in [0.15, 0.2) is 79.3 Å². The molecule has 0 spiro atoms. The van der Waals surface area contributed by atoms with Gasteiger partial charge < -0.3 is 15.5 Å². The molecule has 5 rings (SSSR count). The first kappa shape index (κ1) is 29.2. The molecule has 10 heteroatoms. The van der Waals surface area contributed by atoms with Gasteiger partial charge in [-0.25, -0.2) is 15.2 Å². The number of anilines is 3. The summed E-state index contributed by atoms with van der Waals surface area (Å²) in [5, 5.41) is 15.6. The van der Waals surface area contributed by atoms with Gasteiger partial charge in [0.2, 0.25) is 11.9 Å². The summed E-state index contributed by atoms with van der Waals surface area (Å²) >= 11 is 6.50. The van der Waals surface area contributed by atoms with Crippen molar-refractivity contribution in [3.63, 3.8) is 0 Å². The van der Waals surface area contributed by atoms with E-state index >= 15 is 0 Å². The molecule has 3 heterocycles. The first-order chi connectivity index (χ1) is 20.6. The minimum Gasteiger partial charge on any atom is -0.325 e. The van der Waals surface area contributed by atoms with Crippen molar-refractivity contribution in [2.45, 2.75) is 38.3 Å². The molecule has 0 atom stereocenters. The summed E-state index contributed by atoms with van der Waals surface area (Å²) in [6.07, 6.45) is 10.1. The summed E-state index contributed by atoms with van der Waals surface area (Å²) in [7, 11) is 0. The molecule has 4 aromatic rings. The van der Waals surface area contributed by atoms with E-state index in [2.05, 4.69) is 60.7 Å². The Morgan fingerprint density at radius 1 is 0.929 bits per heavy atom. The lowest BCUT2D eigenvalue weighted by atomic mass is 9.45. The molecule has 1 saturated heterocycles. The van der Waals surface area contributed by atoms with E-state index in [1.807, 2.05) is 36.4 Å². The van der Waals surface area contributed by atoms with E-state index < -0.39 is 0 Å². The van der Waals surface area contributed by atoms with Crippen LogP contribution in [0.3, 0.4) is 0 Å². The lowest BCUT2D eigenvalue weighted by Crippen LogP contribution is -2.37. The number of unbranched alkanes of at least 4 members (excludes halogenated alkanes) is 2. The van der Waals surface area contributed by atoms with Gasteiger partial charge in [-0.15, -0.1) is 0 Å². The zero-order valence-electron chi connectivity index (χ0n) is 23.5. The molecular formula is C32H33BClN7O. The number of hydrogen-bond donors (Lipinski definition) is 2. The normalized spacial score (nSPS) is 13.4. The topological polar surface area (TPSA) is 107 Å². The maximum atomic E-state index is 12.5. The average Bonchev–Trinajstić information content (AvgIpc) is 3.03. The largest absolute Gasteiger partial charge is 0.325 e. The van der Waals surface area contributed by atoms with E-state index in [4.69, 9.17) is 16.9 Å². The molecule has 2 aromatic heterocycles. The third kappa shape index (κ3) is 8.15. The van der Waals surface area contributed by atoms with Gasteiger partial charge in [-0.3, -0.25) is 9.78 Å². The molecule has 0 radical (unpaired) electrons. The van der Waals surface area contributed by atoms with Gasteiger partial charge in [0.1, 0.15) is 0 Å². The minimum atomic E-state index is -0.0351. The van der Waals surface area contributed by atoms with Crippen molar-refractivity contribution in [3.8, 4) is 28.4 Å². The third-order valence-electron chi connectivity index (χ3n) is 7.41. The zero-order valence-corrected chi connectivity index (χ0v) is 24.2. The van der Waals surface area contributed by atoms with Crippen molar-refractivity contribution in [3.05, 3.63) is 84.3 Å². The van der Waals surface area contributed by atoms with Crippen LogP contribution < -0.4 is 10.6 Å². The first-order valence-electron chi connectivity index (χ1n) is 14.4. The third-order valence-corrected chi connectivity index (χ3v) is 7.69. The lowest BCUT2D eigenvalue weighted by molar-refractivity contribution is -0.116. The van der Waals surface area contributed by atoms with Crippen LogP contribution in [0.1, 0.15) is 25.7 Å². The highest BCUT2D eigenvalue weighted by molar-refractivity contribution is 6.67. The Morgan fingerprint density at radius 3 is 2.50 bits per heavy atom. The molecule has 2 aromatic carbocycles. The van der Waals surface area contributed by atoms with Crippen molar-refractivity contribution in [2.24, 2.45) is 0 Å². The number of nitrogens with zero attached hydrogens (tertiary/aromatic N) is 5. The Kier molecular flexibility index (Phi) is 10.2.